The molecule has 2 aromatic rings. The largest absolute Gasteiger partial charge is 0.497 e. The van der Waals surface area contributed by atoms with E-state index in [0.29, 0.717) is 5.75 Å². The van der Waals surface area contributed by atoms with Gasteiger partial charge < -0.3 is 18.9 Å². The monoisotopic (exact) mass is 341 g/mol. The summed E-state index contributed by atoms with van der Waals surface area (Å²) in [4.78, 5) is 4.88. The highest BCUT2D eigenvalue weighted by molar-refractivity contribution is 6.15. The third kappa shape index (κ3) is 3.27. The van der Waals surface area contributed by atoms with Gasteiger partial charge in [-0.2, -0.15) is 0 Å². The Hall–Kier alpha value is -2.69. The second-order valence-electron chi connectivity index (χ2n) is 6.00. The van der Waals surface area contributed by atoms with Crippen molar-refractivity contribution in [2.75, 3.05) is 28.4 Å². The van der Waals surface area contributed by atoms with Gasteiger partial charge in [-0.05, 0) is 43.2 Å². The summed E-state index contributed by atoms with van der Waals surface area (Å²) in [5.41, 5.74) is 4.10. The number of benzene rings is 2. The van der Waals surface area contributed by atoms with E-state index in [-0.39, 0.29) is 6.04 Å². The Morgan fingerprint density at radius 2 is 1.40 bits per heavy atom. The molecule has 0 saturated carbocycles. The van der Waals surface area contributed by atoms with Crippen LogP contribution in [0.4, 0.5) is 0 Å². The Kier molecular flexibility index (Phi) is 4.83. The van der Waals surface area contributed by atoms with Crippen molar-refractivity contribution in [3.63, 3.8) is 0 Å². The first-order valence-corrected chi connectivity index (χ1v) is 8.16. The predicted molar refractivity (Wildman–Crippen MR) is 97.9 cm³/mol. The second kappa shape index (κ2) is 7.05. The van der Waals surface area contributed by atoms with E-state index in [1.54, 1.807) is 28.4 Å². The minimum atomic E-state index is 0.179. The summed E-state index contributed by atoms with van der Waals surface area (Å²) < 4.78 is 21.7. The van der Waals surface area contributed by atoms with E-state index >= 15 is 0 Å². The minimum Gasteiger partial charge on any atom is -0.497 e. The number of hydrogen-bond acceptors (Lipinski definition) is 5. The van der Waals surface area contributed by atoms with E-state index in [9.17, 15) is 0 Å². The summed E-state index contributed by atoms with van der Waals surface area (Å²) in [6, 6.07) is 10.0. The molecule has 0 amide bonds. The van der Waals surface area contributed by atoms with Gasteiger partial charge in [0, 0.05) is 17.2 Å². The first-order chi connectivity index (χ1) is 12.1. The molecule has 1 unspecified atom stereocenters. The minimum absolute atomic E-state index is 0.179. The molecule has 132 valence electrons. The lowest BCUT2D eigenvalue weighted by Gasteiger charge is -2.23. The van der Waals surface area contributed by atoms with E-state index < -0.39 is 0 Å². The molecule has 0 N–H and O–H groups in total. The molecule has 1 heterocycles. The fraction of sp³-hybridized carbons (Fsp3) is 0.350. The van der Waals surface area contributed by atoms with Gasteiger partial charge in [0.25, 0.3) is 0 Å². The van der Waals surface area contributed by atoms with E-state index in [1.165, 1.54) is 5.56 Å². The molecular weight excluding hydrogens is 318 g/mol. The summed E-state index contributed by atoms with van der Waals surface area (Å²) in [5.74, 6) is 2.89. The fourth-order valence-corrected chi connectivity index (χ4v) is 3.14. The van der Waals surface area contributed by atoms with Gasteiger partial charge in [-0.3, -0.25) is 4.99 Å². The third-order valence-electron chi connectivity index (χ3n) is 4.35. The molecule has 0 spiro atoms. The first-order valence-electron chi connectivity index (χ1n) is 8.16. The Labute approximate surface area is 148 Å². The molecule has 1 atom stereocenters. The van der Waals surface area contributed by atoms with Gasteiger partial charge in [0.05, 0.1) is 40.2 Å². The number of ether oxygens (including phenoxy) is 4. The lowest BCUT2D eigenvalue weighted by atomic mass is 9.90. The zero-order chi connectivity index (χ0) is 18.0. The Morgan fingerprint density at radius 3 is 1.96 bits per heavy atom. The lowest BCUT2D eigenvalue weighted by Crippen LogP contribution is -2.20. The topological polar surface area (TPSA) is 49.3 Å². The molecule has 0 aliphatic carbocycles. The van der Waals surface area contributed by atoms with E-state index in [0.717, 1.165) is 40.5 Å². The highest BCUT2D eigenvalue weighted by Gasteiger charge is 2.23. The lowest BCUT2D eigenvalue weighted by molar-refractivity contribution is 0.354. The van der Waals surface area contributed by atoms with Crippen molar-refractivity contribution >= 4 is 5.71 Å². The van der Waals surface area contributed by atoms with Crippen molar-refractivity contribution in [1.29, 1.82) is 0 Å². The molecule has 1 aliphatic heterocycles. The SMILES string of the molecule is COc1cc(OC)cc(C2=NC(C)Cc3cc(OC)c(OC)cc32)c1. The zero-order valence-electron chi connectivity index (χ0n) is 15.3. The number of hydrogen-bond donors (Lipinski definition) is 0. The maximum atomic E-state index is 5.47. The summed E-state index contributed by atoms with van der Waals surface area (Å²) in [6.45, 7) is 2.11. The van der Waals surface area contributed by atoms with Crippen molar-refractivity contribution in [3.8, 4) is 23.0 Å². The van der Waals surface area contributed by atoms with Gasteiger partial charge >= 0.3 is 0 Å². The van der Waals surface area contributed by atoms with Crippen LogP contribution in [0.15, 0.2) is 35.3 Å². The molecule has 0 bridgehead atoms. The normalized spacial score (nSPS) is 15.9. The Morgan fingerprint density at radius 1 is 0.800 bits per heavy atom. The van der Waals surface area contributed by atoms with Crippen LogP contribution >= 0.6 is 0 Å². The van der Waals surface area contributed by atoms with Crippen LogP contribution in [-0.2, 0) is 6.42 Å². The van der Waals surface area contributed by atoms with Crippen molar-refractivity contribution in [2.45, 2.75) is 19.4 Å². The maximum absolute atomic E-state index is 5.47. The molecule has 0 radical (unpaired) electrons. The molecule has 25 heavy (non-hydrogen) atoms. The standard InChI is InChI=1S/C20H23NO4/c1-12-6-13-9-18(24-4)19(25-5)11-17(13)20(21-12)14-7-15(22-2)10-16(8-14)23-3/h7-12H,6H2,1-5H3. The molecule has 2 aromatic carbocycles. The van der Waals surface area contributed by atoms with Gasteiger partial charge in [0.1, 0.15) is 11.5 Å². The molecule has 1 aliphatic rings. The van der Waals surface area contributed by atoms with Gasteiger partial charge in [0.2, 0.25) is 0 Å². The number of fused-ring (bicyclic) bond motifs is 1. The number of aliphatic imine (C=N–C) groups is 1. The quantitative estimate of drug-likeness (QED) is 0.835. The van der Waals surface area contributed by atoms with Crippen LogP contribution in [0.25, 0.3) is 0 Å². The van der Waals surface area contributed by atoms with Crippen LogP contribution in [-0.4, -0.2) is 40.2 Å². The molecule has 0 aromatic heterocycles. The second-order valence-corrected chi connectivity index (χ2v) is 6.00. The zero-order valence-corrected chi connectivity index (χ0v) is 15.3. The van der Waals surface area contributed by atoms with Crippen molar-refractivity contribution < 1.29 is 18.9 Å². The van der Waals surface area contributed by atoms with Crippen LogP contribution < -0.4 is 18.9 Å². The fourth-order valence-electron chi connectivity index (χ4n) is 3.14. The van der Waals surface area contributed by atoms with Crippen LogP contribution in [0.5, 0.6) is 23.0 Å². The summed E-state index contributed by atoms with van der Waals surface area (Å²) in [6.07, 6.45) is 0.861. The van der Waals surface area contributed by atoms with Crippen molar-refractivity contribution in [3.05, 3.63) is 47.0 Å². The summed E-state index contributed by atoms with van der Waals surface area (Å²) in [7, 11) is 6.58. The van der Waals surface area contributed by atoms with Crippen molar-refractivity contribution in [2.24, 2.45) is 4.99 Å². The number of nitrogens with zero attached hydrogens (tertiary/aromatic N) is 1. The smallest absolute Gasteiger partial charge is 0.161 e. The van der Waals surface area contributed by atoms with Crippen LogP contribution in [0.2, 0.25) is 0 Å². The van der Waals surface area contributed by atoms with Gasteiger partial charge in [-0.25, -0.2) is 0 Å². The molecule has 5 nitrogen and oxygen atoms in total. The van der Waals surface area contributed by atoms with E-state index in [1.807, 2.05) is 30.3 Å². The maximum Gasteiger partial charge on any atom is 0.161 e. The molecular formula is C20H23NO4. The van der Waals surface area contributed by atoms with Crippen LogP contribution in [0.1, 0.15) is 23.6 Å². The molecule has 3 rings (SSSR count). The first kappa shape index (κ1) is 17.1. The van der Waals surface area contributed by atoms with Gasteiger partial charge in [0.15, 0.2) is 11.5 Å². The third-order valence-corrected chi connectivity index (χ3v) is 4.35. The molecule has 0 fully saturated rings. The van der Waals surface area contributed by atoms with Gasteiger partial charge in [-0.15, -0.1) is 0 Å². The average Bonchev–Trinajstić information content (AvgIpc) is 2.65. The highest BCUT2D eigenvalue weighted by Crippen LogP contribution is 2.35. The predicted octanol–water partition coefficient (Wildman–Crippen LogP) is 3.50. The number of methoxy groups -OCH3 is 4. The van der Waals surface area contributed by atoms with Crippen LogP contribution in [0, 0.1) is 0 Å². The molecule has 0 saturated heterocycles. The Bertz CT molecular complexity index is 791. The Balaban J connectivity index is 2.18. The number of rotatable bonds is 5. The van der Waals surface area contributed by atoms with Crippen LogP contribution in [0.3, 0.4) is 0 Å². The van der Waals surface area contributed by atoms with E-state index in [2.05, 4.69) is 6.92 Å². The van der Waals surface area contributed by atoms with E-state index in [4.69, 9.17) is 23.9 Å². The van der Waals surface area contributed by atoms with Gasteiger partial charge in [-0.1, -0.05) is 0 Å². The van der Waals surface area contributed by atoms with Crippen molar-refractivity contribution in [1.82, 2.24) is 0 Å². The molecule has 5 heteroatoms. The summed E-state index contributed by atoms with van der Waals surface area (Å²) >= 11 is 0. The highest BCUT2D eigenvalue weighted by atomic mass is 16.5. The average molecular weight is 341 g/mol. The summed E-state index contributed by atoms with van der Waals surface area (Å²) in [5, 5.41) is 0.